The summed E-state index contributed by atoms with van der Waals surface area (Å²) in [5, 5.41) is 8.08. The lowest BCUT2D eigenvalue weighted by molar-refractivity contribution is 0.317. The molecule has 3 N–H and O–H groups in total. The van der Waals surface area contributed by atoms with Crippen molar-refractivity contribution in [2.45, 2.75) is 13.3 Å². The minimum Gasteiger partial charge on any atom is -0.494 e. The highest BCUT2D eigenvalue weighted by Crippen LogP contribution is 2.28. The van der Waals surface area contributed by atoms with Crippen molar-refractivity contribution in [1.82, 2.24) is 0 Å². The van der Waals surface area contributed by atoms with Crippen molar-refractivity contribution >= 4 is 17.4 Å². The van der Waals surface area contributed by atoms with Gasteiger partial charge in [0.2, 0.25) is 0 Å². The van der Waals surface area contributed by atoms with Crippen molar-refractivity contribution in [3.63, 3.8) is 0 Å². The van der Waals surface area contributed by atoms with Crippen LogP contribution in [0.25, 0.3) is 0 Å². The van der Waals surface area contributed by atoms with Gasteiger partial charge in [0.15, 0.2) is 0 Å². The van der Waals surface area contributed by atoms with E-state index in [1.165, 1.54) is 0 Å². The first-order valence-electron chi connectivity index (χ1n) is 6.65. The van der Waals surface area contributed by atoms with Crippen molar-refractivity contribution in [1.29, 1.82) is 5.41 Å². The Balaban J connectivity index is 2.16. The minimum absolute atomic E-state index is 0.0876. The van der Waals surface area contributed by atoms with Crippen molar-refractivity contribution in [2.24, 2.45) is 5.73 Å². The molecule has 0 radical (unpaired) electrons. The Morgan fingerprint density at radius 2 is 1.81 bits per heavy atom. The second-order valence-electron chi connectivity index (χ2n) is 4.48. The van der Waals surface area contributed by atoms with Gasteiger partial charge < -0.3 is 15.2 Å². The van der Waals surface area contributed by atoms with Gasteiger partial charge in [-0.15, -0.1) is 0 Å². The fraction of sp³-hybridized carbons (Fsp3) is 0.188. The highest BCUT2D eigenvalue weighted by Gasteiger charge is 2.09. The lowest BCUT2D eigenvalue weighted by Gasteiger charge is -2.11. The van der Waals surface area contributed by atoms with Crippen LogP contribution >= 0.6 is 11.6 Å². The molecule has 5 heteroatoms. The fourth-order valence-electron chi connectivity index (χ4n) is 1.75. The summed E-state index contributed by atoms with van der Waals surface area (Å²) in [6.45, 7) is 2.74. The normalized spacial score (nSPS) is 10.2. The Morgan fingerprint density at radius 3 is 2.43 bits per heavy atom. The van der Waals surface area contributed by atoms with E-state index in [-0.39, 0.29) is 5.84 Å². The number of nitrogens with two attached hydrogens (primary N) is 1. The van der Waals surface area contributed by atoms with Crippen LogP contribution in [0.2, 0.25) is 5.02 Å². The zero-order valence-electron chi connectivity index (χ0n) is 11.7. The van der Waals surface area contributed by atoms with Crippen LogP contribution in [0.4, 0.5) is 0 Å². The predicted molar refractivity (Wildman–Crippen MR) is 84.8 cm³/mol. The first kappa shape index (κ1) is 15.2. The molecule has 0 unspecified atom stereocenters. The molecule has 2 rings (SSSR count). The summed E-state index contributed by atoms with van der Waals surface area (Å²) in [4.78, 5) is 0. The van der Waals surface area contributed by atoms with Crippen LogP contribution in [0.15, 0.2) is 42.5 Å². The van der Waals surface area contributed by atoms with Gasteiger partial charge in [-0.25, -0.2) is 0 Å². The van der Waals surface area contributed by atoms with Crippen LogP contribution in [-0.4, -0.2) is 12.4 Å². The second-order valence-corrected chi connectivity index (χ2v) is 4.91. The summed E-state index contributed by atoms with van der Waals surface area (Å²) in [7, 11) is 0. The Morgan fingerprint density at radius 1 is 1.14 bits per heavy atom. The summed E-state index contributed by atoms with van der Waals surface area (Å²) in [5.74, 6) is 1.85. The molecule has 0 bridgehead atoms. The van der Waals surface area contributed by atoms with E-state index in [0.717, 1.165) is 12.2 Å². The molecule has 21 heavy (non-hydrogen) atoms. The van der Waals surface area contributed by atoms with Gasteiger partial charge >= 0.3 is 0 Å². The van der Waals surface area contributed by atoms with E-state index in [0.29, 0.717) is 28.7 Å². The number of benzene rings is 2. The average molecular weight is 305 g/mol. The molecule has 0 aliphatic carbocycles. The molecule has 0 heterocycles. The molecule has 0 fully saturated rings. The molecule has 0 aromatic heterocycles. The van der Waals surface area contributed by atoms with Crippen LogP contribution in [0, 0.1) is 5.41 Å². The van der Waals surface area contributed by atoms with E-state index in [1.54, 1.807) is 18.2 Å². The molecule has 2 aromatic rings. The van der Waals surface area contributed by atoms with Gasteiger partial charge in [-0.1, -0.05) is 18.5 Å². The predicted octanol–water partition coefficient (Wildman–Crippen LogP) is 4.21. The molecule has 0 saturated heterocycles. The number of hydrogen-bond donors (Lipinski definition) is 2. The SMILES string of the molecule is CCCOc1ccc(Oc2ccc(Cl)cc2C(=N)N)cc1. The van der Waals surface area contributed by atoms with E-state index in [2.05, 4.69) is 6.92 Å². The Bertz CT molecular complexity index is 627. The summed E-state index contributed by atoms with van der Waals surface area (Å²) >= 11 is 5.91. The monoisotopic (exact) mass is 304 g/mol. The molecule has 110 valence electrons. The smallest absolute Gasteiger partial charge is 0.138 e. The van der Waals surface area contributed by atoms with Gasteiger partial charge in [0.1, 0.15) is 23.1 Å². The first-order chi connectivity index (χ1) is 10.1. The number of halogens is 1. The van der Waals surface area contributed by atoms with Gasteiger partial charge in [0, 0.05) is 5.02 Å². The van der Waals surface area contributed by atoms with Crippen LogP contribution in [0.1, 0.15) is 18.9 Å². The molecule has 0 amide bonds. The maximum absolute atomic E-state index is 7.57. The lowest BCUT2D eigenvalue weighted by Crippen LogP contribution is -2.12. The molecule has 0 aliphatic rings. The van der Waals surface area contributed by atoms with Gasteiger partial charge in [0.25, 0.3) is 0 Å². The first-order valence-corrected chi connectivity index (χ1v) is 7.02. The van der Waals surface area contributed by atoms with E-state index in [1.807, 2.05) is 24.3 Å². The second kappa shape index (κ2) is 6.99. The molecular weight excluding hydrogens is 288 g/mol. The van der Waals surface area contributed by atoms with Crippen molar-refractivity contribution in [3.05, 3.63) is 53.1 Å². The summed E-state index contributed by atoms with van der Waals surface area (Å²) in [6, 6.07) is 12.3. The minimum atomic E-state index is -0.0876. The van der Waals surface area contributed by atoms with Gasteiger partial charge in [-0.2, -0.15) is 0 Å². The number of amidine groups is 1. The molecule has 4 nitrogen and oxygen atoms in total. The summed E-state index contributed by atoms with van der Waals surface area (Å²) in [6.07, 6.45) is 0.963. The van der Waals surface area contributed by atoms with Crippen molar-refractivity contribution < 1.29 is 9.47 Å². The van der Waals surface area contributed by atoms with E-state index >= 15 is 0 Å². The highest BCUT2D eigenvalue weighted by atomic mass is 35.5. The van der Waals surface area contributed by atoms with E-state index < -0.39 is 0 Å². The molecule has 0 spiro atoms. The highest BCUT2D eigenvalue weighted by molar-refractivity contribution is 6.31. The Kier molecular flexibility index (Phi) is 5.06. The van der Waals surface area contributed by atoms with Gasteiger partial charge in [-0.05, 0) is 48.9 Å². The Hall–Kier alpha value is -2.20. The van der Waals surface area contributed by atoms with Gasteiger partial charge in [0.05, 0.1) is 12.2 Å². The molecule has 0 aliphatic heterocycles. The quantitative estimate of drug-likeness (QED) is 0.620. The standard InChI is InChI=1S/C16H17ClN2O2/c1-2-9-20-12-4-6-13(7-5-12)21-15-8-3-11(17)10-14(15)16(18)19/h3-8,10H,2,9H2,1H3,(H3,18,19). The van der Waals surface area contributed by atoms with Crippen LogP contribution in [0.5, 0.6) is 17.2 Å². The number of hydrogen-bond acceptors (Lipinski definition) is 3. The van der Waals surface area contributed by atoms with Crippen molar-refractivity contribution in [2.75, 3.05) is 6.61 Å². The number of rotatable bonds is 6. The molecular formula is C16H17ClN2O2. The van der Waals surface area contributed by atoms with Crippen LogP contribution < -0.4 is 15.2 Å². The molecule has 2 aromatic carbocycles. The van der Waals surface area contributed by atoms with E-state index in [9.17, 15) is 0 Å². The zero-order chi connectivity index (χ0) is 15.2. The van der Waals surface area contributed by atoms with E-state index in [4.69, 9.17) is 32.2 Å². The zero-order valence-corrected chi connectivity index (χ0v) is 12.5. The largest absolute Gasteiger partial charge is 0.494 e. The molecule has 0 atom stereocenters. The number of nitrogens with one attached hydrogen (secondary N) is 1. The van der Waals surface area contributed by atoms with Crippen LogP contribution in [-0.2, 0) is 0 Å². The third kappa shape index (κ3) is 4.13. The van der Waals surface area contributed by atoms with Crippen molar-refractivity contribution in [3.8, 4) is 17.2 Å². The fourth-order valence-corrected chi connectivity index (χ4v) is 1.92. The summed E-state index contributed by atoms with van der Waals surface area (Å²) < 4.78 is 11.3. The lowest BCUT2D eigenvalue weighted by atomic mass is 10.2. The van der Waals surface area contributed by atoms with Crippen LogP contribution in [0.3, 0.4) is 0 Å². The maximum atomic E-state index is 7.57. The Labute approximate surface area is 129 Å². The topological polar surface area (TPSA) is 68.3 Å². The summed E-state index contributed by atoms with van der Waals surface area (Å²) in [5.41, 5.74) is 6.01. The number of nitrogen functional groups attached to an aromatic ring is 1. The molecule has 0 saturated carbocycles. The average Bonchev–Trinajstić information content (AvgIpc) is 2.48. The maximum Gasteiger partial charge on any atom is 0.138 e. The third-order valence-electron chi connectivity index (χ3n) is 2.76. The van der Waals surface area contributed by atoms with Gasteiger partial charge in [-0.3, -0.25) is 5.41 Å². The number of ether oxygens (including phenoxy) is 2. The third-order valence-corrected chi connectivity index (χ3v) is 2.99.